The first kappa shape index (κ1) is 22.5. The van der Waals surface area contributed by atoms with Crippen LogP contribution in [-0.2, 0) is 11.3 Å². The van der Waals surface area contributed by atoms with Gasteiger partial charge in [0.2, 0.25) is 5.91 Å². The second-order valence-electron chi connectivity index (χ2n) is 5.84. The lowest BCUT2D eigenvalue weighted by molar-refractivity contribution is -0.125. The highest BCUT2D eigenvalue weighted by molar-refractivity contribution is 14.0. The Morgan fingerprint density at radius 1 is 1.25 bits per heavy atom. The average Bonchev–Trinajstić information content (AvgIpc) is 2.51. The van der Waals surface area contributed by atoms with Crippen LogP contribution in [0, 0.1) is 5.41 Å². The number of para-hydroxylation sites is 1. The Hall–Kier alpha value is -1.51. The fourth-order valence-electron chi connectivity index (χ4n) is 1.83. The molecule has 1 amide bonds. The van der Waals surface area contributed by atoms with Gasteiger partial charge in [0.05, 0.1) is 18.6 Å². The molecule has 24 heavy (non-hydrogen) atoms. The first-order valence-electron chi connectivity index (χ1n) is 7.93. The van der Waals surface area contributed by atoms with Gasteiger partial charge in [-0.05, 0) is 33.8 Å². The molecule has 0 aliphatic carbocycles. The number of carbonyl (C=O) groups is 1. The first-order chi connectivity index (χ1) is 10.9. The van der Waals surface area contributed by atoms with Crippen LogP contribution in [-0.4, -0.2) is 31.6 Å². The molecule has 0 radical (unpaired) electrons. The zero-order valence-corrected chi connectivity index (χ0v) is 17.2. The molecule has 4 N–H and O–H groups in total. The maximum absolute atomic E-state index is 11.4. The van der Waals surface area contributed by atoms with Gasteiger partial charge in [0.15, 0.2) is 5.96 Å². The van der Waals surface area contributed by atoms with Gasteiger partial charge >= 0.3 is 0 Å². The number of aliphatic imine (C=N–C) groups is 1. The van der Waals surface area contributed by atoms with Crippen LogP contribution in [0.5, 0.6) is 5.75 Å². The Labute approximate surface area is 161 Å². The topological polar surface area (TPSA) is 88.7 Å². The molecule has 0 fully saturated rings. The van der Waals surface area contributed by atoms with Crippen LogP contribution in [0.25, 0.3) is 0 Å². The van der Waals surface area contributed by atoms with E-state index in [0.29, 0.717) is 25.7 Å². The third-order valence-electron chi connectivity index (χ3n) is 3.39. The molecule has 0 spiro atoms. The van der Waals surface area contributed by atoms with Crippen molar-refractivity contribution in [1.29, 1.82) is 0 Å². The van der Waals surface area contributed by atoms with Crippen molar-refractivity contribution in [1.82, 2.24) is 10.6 Å². The van der Waals surface area contributed by atoms with Crippen LogP contribution in [0.1, 0.15) is 33.3 Å². The van der Waals surface area contributed by atoms with Crippen molar-refractivity contribution in [3.05, 3.63) is 29.8 Å². The van der Waals surface area contributed by atoms with Gasteiger partial charge in [-0.3, -0.25) is 4.79 Å². The maximum atomic E-state index is 11.4. The third-order valence-corrected chi connectivity index (χ3v) is 3.39. The predicted octanol–water partition coefficient (Wildman–Crippen LogP) is 2.27. The number of nitrogens with two attached hydrogens (primary N) is 1. The quantitative estimate of drug-likeness (QED) is 0.324. The lowest BCUT2D eigenvalue weighted by Crippen LogP contribution is -2.46. The number of rotatable bonds is 8. The van der Waals surface area contributed by atoms with Gasteiger partial charge in [-0.25, -0.2) is 4.99 Å². The molecule has 6 nitrogen and oxygen atoms in total. The molecule has 1 aromatic rings. The first-order valence-corrected chi connectivity index (χ1v) is 7.93. The SMILES string of the molecule is CCNC(=NCc1ccccc1OCC)NCC(C)(C)C(N)=O.I. The monoisotopic (exact) mass is 448 g/mol. The Morgan fingerprint density at radius 2 is 1.92 bits per heavy atom. The molecule has 0 saturated heterocycles. The zero-order chi connectivity index (χ0) is 17.3. The number of nitrogens with zero attached hydrogens (tertiary/aromatic N) is 1. The summed E-state index contributed by atoms with van der Waals surface area (Å²) in [6.45, 7) is 9.81. The molecule has 0 atom stereocenters. The Bertz CT molecular complexity index is 547. The normalized spacial score (nSPS) is 11.4. The van der Waals surface area contributed by atoms with Crippen LogP contribution in [0.15, 0.2) is 29.3 Å². The molecular weight excluding hydrogens is 419 g/mol. The highest BCUT2D eigenvalue weighted by atomic mass is 127. The van der Waals surface area contributed by atoms with Gasteiger partial charge < -0.3 is 21.1 Å². The fourth-order valence-corrected chi connectivity index (χ4v) is 1.83. The molecule has 1 rings (SSSR count). The number of hydrogen-bond donors (Lipinski definition) is 3. The summed E-state index contributed by atoms with van der Waals surface area (Å²) in [5.41, 5.74) is 5.77. The molecule has 1 aromatic carbocycles. The summed E-state index contributed by atoms with van der Waals surface area (Å²) in [5, 5.41) is 6.32. The summed E-state index contributed by atoms with van der Waals surface area (Å²) in [7, 11) is 0. The minimum atomic E-state index is -0.639. The summed E-state index contributed by atoms with van der Waals surface area (Å²) in [5.74, 6) is 1.14. The number of nitrogens with one attached hydrogen (secondary N) is 2. The summed E-state index contributed by atoms with van der Waals surface area (Å²) in [4.78, 5) is 15.9. The Morgan fingerprint density at radius 3 is 2.50 bits per heavy atom. The standard InChI is InChI=1S/C17H28N4O2.HI/c1-5-19-16(21-12-17(3,4)15(18)22)20-11-13-9-7-8-10-14(13)23-6-2;/h7-10H,5-6,11-12H2,1-4H3,(H2,18,22)(H2,19,20,21);1H. The number of carbonyl (C=O) groups excluding carboxylic acids is 1. The average molecular weight is 448 g/mol. The summed E-state index contributed by atoms with van der Waals surface area (Å²) >= 11 is 0. The number of amides is 1. The van der Waals surface area contributed by atoms with Crippen molar-refractivity contribution >= 4 is 35.8 Å². The van der Waals surface area contributed by atoms with Crippen molar-refractivity contribution in [2.45, 2.75) is 34.2 Å². The number of ether oxygens (including phenoxy) is 1. The molecule has 136 valence electrons. The van der Waals surface area contributed by atoms with E-state index in [9.17, 15) is 4.79 Å². The van der Waals surface area contributed by atoms with Gasteiger partial charge in [-0.15, -0.1) is 24.0 Å². The second kappa shape index (κ2) is 11.1. The van der Waals surface area contributed by atoms with E-state index in [0.717, 1.165) is 17.9 Å². The highest BCUT2D eigenvalue weighted by Gasteiger charge is 2.24. The lowest BCUT2D eigenvalue weighted by Gasteiger charge is -2.22. The molecule has 0 saturated carbocycles. The van der Waals surface area contributed by atoms with Gasteiger partial charge in [-0.1, -0.05) is 18.2 Å². The van der Waals surface area contributed by atoms with Crippen LogP contribution >= 0.6 is 24.0 Å². The largest absolute Gasteiger partial charge is 0.494 e. The third kappa shape index (κ3) is 7.37. The van der Waals surface area contributed by atoms with Crippen LogP contribution in [0.2, 0.25) is 0 Å². The molecule has 0 aliphatic heterocycles. The summed E-state index contributed by atoms with van der Waals surface area (Å²) in [6, 6.07) is 7.83. The van der Waals surface area contributed by atoms with Crippen molar-refractivity contribution in [2.24, 2.45) is 16.1 Å². The van der Waals surface area contributed by atoms with Crippen molar-refractivity contribution in [3.8, 4) is 5.75 Å². The lowest BCUT2D eigenvalue weighted by atomic mass is 9.93. The van der Waals surface area contributed by atoms with Crippen LogP contribution in [0.4, 0.5) is 0 Å². The minimum Gasteiger partial charge on any atom is -0.494 e. The smallest absolute Gasteiger partial charge is 0.224 e. The minimum absolute atomic E-state index is 0. The Balaban J connectivity index is 0.00000529. The van der Waals surface area contributed by atoms with E-state index < -0.39 is 5.41 Å². The molecule has 0 aromatic heterocycles. The Kier molecular flexibility index (Phi) is 10.4. The predicted molar refractivity (Wildman–Crippen MR) is 109 cm³/mol. The zero-order valence-electron chi connectivity index (χ0n) is 14.9. The van der Waals surface area contributed by atoms with E-state index in [2.05, 4.69) is 15.6 Å². The molecule has 7 heteroatoms. The number of benzene rings is 1. The number of primary amides is 1. The van der Waals surface area contributed by atoms with Crippen LogP contribution in [0.3, 0.4) is 0 Å². The molecular formula is C17H29IN4O2. The van der Waals surface area contributed by atoms with Gasteiger partial charge in [0.25, 0.3) is 0 Å². The number of halogens is 1. The maximum Gasteiger partial charge on any atom is 0.224 e. The van der Waals surface area contributed by atoms with Gasteiger partial charge in [-0.2, -0.15) is 0 Å². The summed E-state index contributed by atoms with van der Waals surface area (Å²) < 4.78 is 5.60. The van der Waals surface area contributed by atoms with E-state index in [1.807, 2.05) is 38.1 Å². The van der Waals surface area contributed by atoms with Gasteiger partial charge in [0.1, 0.15) is 5.75 Å². The molecule has 0 bridgehead atoms. The molecule has 0 aliphatic rings. The van der Waals surface area contributed by atoms with E-state index in [1.54, 1.807) is 13.8 Å². The summed E-state index contributed by atoms with van der Waals surface area (Å²) in [6.07, 6.45) is 0. The van der Waals surface area contributed by atoms with Crippen molar-refractivity contribution < 1.29 is 9.53 Å². The molecule has 0 unspecified atom stereocenters. The van der Waals surface area contributed by atoms with E-state index in [4.69, 9.17) is 10.5 Å². The van der Waals surface area contributed by atoms with Crippen molar-refractivity contribution in [3.63, 3.8) is 0 Å². The van der Waals surface area contributed by atoms with Gasteiger partial charge in [0, 0.05) is 18.7 Å². The highest BCUT2D eigenvalue weighted by Crippen LogP contribution is 2.18. The van der Waals surface area contributed by atoms with Crippen molar-refractivity contribution in [2.75, 3.05) is 19.7 Å². The van der Waals surface area contributed by atoms with E-state index in [-0.39, 0.29) is 29.9 Å². The second-order valence-corrected chi connectivity index (χ2v) is 5.84. The molecule has 0 heterocycles. The van der Waals surface area contributed by atoms with Crippen LogP contribution < -0.4 is 21.1 Å². The number of guanidine groups is 1. The van der Waals surface area contributed by atoms with E-state index >= 15 is 0 Å². The number of hydrogen-bond acceptors (Lipinski definition) is 3. The van der Waals surface area contributed by atoms with E-state index in [1.165, 1.54) is 0 Å². The fraction of sp³-hybridized carbons (Fsp3) is 0.529.